The molecule has 0 aliphatic carbocycles. The van der Waals surface area contributed by atoms with Crippen LogP contribution in [0.1, 0.15) is 5.69 Å². The van der Waals surface area contributed by atoms with Gasteiger partial charge in [-0.25, -0.2) is 4.79 Å². The Morgan fingerprint density at radius 3 is 2.81 bits per heavy atom. The lowest BCUT2D eigenvalue weighted by Gasteiger charge is -2.11. The Bertz CT molecular complexity index is 334. The SMILES string of the molecule is CN(C)C(=O)NCCNCc1cn(C)nn1. The Balaban J connectivity index is 2.06. The molecule has 1 aromatic heterocycles. The number of aromatic nitrogens is 3. The summed E-state index contributed by atoms with van der Waals surface area (Å²) in [6, 6.07) is -0.0821. The van der Waals surface area contributed by atoms with Gasteiger partial charge in [0.1, 0.15) is 0 Å². The number of nitrogens with one attached hydrogen (secondary N) is 2. The van der Waals surface area contributed by atoms with Crippen LogP contribution in [0, 0.1) is 0 Å². The second-order valence-corrected chi connectivity index (χ2v) is 3.69. The van der Waals surface area contributed by atoms with Gasteiger partial charge in [-0.2, -0.15) is 0 Å². The molecule has 0 aliphatic heterocycles. The maximum absolute atomic E-state index is 11.1. The van der Waals surface area contributed by atoms with Crippen molar-refractivity contribution in [1.82, 2.24) is 30.5 Å². The van der Waals surface area contributed by atoms with E-state index >= 15 is 0 Å². The third-order valence-electron chi connectivity index (χ3n) is 1.94. The maximum Gasteiger partial charge on any atom is 0.316 e. The molecule has 2 N–H and O–H groups in total. The standard InChI is InChI=1S/C9H18N6O/c1-14(2)9(16)11-5-4-10-6-8-7-15(3)13-12-8/h7,10H,4-6H2,1-3H3,(H,11,16). The zero-order valence-electron chi connectivity index (χ0n) is 9.90. The van der Waals surface area contributed by atoms with Crippen molar-refractivity contribution < 1.29 is 4.79 Å². The van der Waals surface area contributed by atoms with Crippen LogP contribution in [-0.4, -0.2) is 53.1 Å². The number of rotatable bonds is 5. The molecule has 0 aromatic carbocycles. The van der Waals surface area contributed by atoms with E-state index in [1.807, 2.05) is 13.2 Å². The van der Waals surface area contributed by atoms with Crippen LogP contribution in [0.15, 0.2) is 6.20 Å². The Hall–Kier alpha value is -1.63. The molecule has 16 heavy (non-hydrogen) atoms. The van der Waals surface area contributed by atoms with Crippen molar-refractivity contribution in [2.24, 2.45) is 7.05 Å². The predicted molar refractivity (Wildman–Crippen MR) is 59.8 cm³/mol. The summed E-state index contributed by atoms with van der Waals surface area (Å²) < 4.78 is 1.66. The smallest absolute Gasteiger partial charge is 0.316 e. The van der Waals surface area contributed by atoms with Crippen LogP contribution in [0.2, 0.25) is 0 Å². The number of hydrogen-bond acceptors (Lipinski definition) is 4. The molecule has 2 amide bonds. The average molecular weight is 226 g/mol. The van der Waals surface area contributed by atoms with Gasteiger partial charge in [-0.3, -0.25) is 4.68 Å². The number of hydrogen-bond donors (Lipinski definition) is 2. The number of carbonyl (C=O) groups excluding carboxylic acids is 1. The lowest BCUT2D eigenvalue weighted by Crippen LogP contribution is -2.38. The van der Waals surface area contributed by atoms with Gasteiger partial charge in [0.05, 0.1) is 5.69 Å². The molecular formula is C9H18N6O. The zero-order valence-corrected chi connectivity index (χ0v) is 9.90. The van der Waals surface area contributed by atoms with Crippen LogP contribution in [0.5, 0.6) is 0 Å². The molecule has 1 heterocycles. The topological polar surface area (TPSA) is 75.1 Å². The van der Waals surface area contributed by atoms with Crippen molar-refractivity contribution in [3.05, 3.63) is 11.9 Å². The number of carbonyl (C=O) groups is 1. The highest BCUT2D eigenvalue weighted by Crippen LogP contribution is 1.88. The van der Waals surface area contributed by atoms with Gasteiger partial charge >= 0.3 is 6.03 Å². The second kappa shape index (κ2) is 6.06. The van der Waals surface area contributed by atoms with E-state index < -0.39 is 0 Å². The van der Waals surface area contributed by atoms with E-state index in [1.165, 1.54) is 4.90 Å². The molecule has 7 nitrogen and oxygen atoms in total. The quantitative estimate of drug-likeness (QED) is 0.643. The van der Waals surface area contributed by atoms with Crippen LogP contribution >= 0.6 is 0 Å². The highest BCUT2D eigenvalue weighted by atomic mass is 16.2. The molecule has 7 heteroatoms. The maximum atomic E-state index is 11.1. The van der Waals surface area contributed by atoms with Gasteiger partial charge in [0.15, 0.2) is 0 Å². The van der Waals surface area contributed by atoms with Crippen LogP contribution in [-0.2, 0) is 13.6 Å². The van der Waals surface area contributed by atoms with Gasteiger partial charge in [0.25, 0.3) is 0 Å². The van der Waals surface area contributed by atoms with E-state index in [9.17, 15) is 4.79 Å². The Morgan fingerprint density at radius 1 is 1.50 bits per heavy atom. The zero-order chi connectivity index (χ0) is 12.0. The summed E-state index contributed by atoms with van der Waals surface area (Å²) in [7, 11) is 5.25. The summed E-state index contributed by atoms with van der Waals surface area (Å²) in [5, 5.41) is 13.7. The van der Waals surface area contributed by atoms with Crippen molar-refractivity contribution in [1.29, 1.82) is 0 Å². The average Bonchev–Trinajstić information content (AvgIpc) is 2.63. The molecule has 1 aromatic rings. The predicted octanol–water partition coefficient (Wildman–Crippen LogP) is -0.824. The van der Waals surface area contributed by atoms with Crippen molar-refractivity contribution >= 4 is 6.03 Å². The molecular weight excluding hydrogens is 208 g/mol. The van der Waals surface area contributed by atoms with E-state index in [0.29, 0.717) is 19.6 Å². The van der Waals surface area contributed by atoms with Gasteiger partial charge < -0.3 is 15.5 Å². The Morgan fingerprint density at radius 2 is 2.25 bits per heavy atom. The second-order valence-electron chi connectivity index (χ2n) is 3.69. The molecule has 0 fully saturated rings. The minimum Gasteiger partial charge on any atom is -0.337 e. The molecule has 0 radical (unpaired) electrons. The van der Waals surface area contributed by atoms with Crippen LogP contribution < -0.4 is 10.6 Å². The van der Waals surface area contributed by atoms with E-state index in [-0.39, 0.29) is 6.03 Å². The first-order valence-electron chi connectivity index (χ1n) is 5.10. The third-order valence-corrected chi connectivity index (χ3v) is 1.94. The van der Waals surface area contributed by atoms with Gasteiger partial charge in [-0.15, -0.1) is 5.10 Å². The fourth-order valence-corrected chi connectivity index (χ4v) is 1.11. The molecule has 0 atom stereocenters. The number of aryl methyl sites for hydroxylation is 1. The third kappa shape index (κ3) is 4.26. The molecule has 90 valence electrons. The number of nitrogens with zero attached hydrogens (tertiary/aromatic N) is 4. The molecule has 0 saturated heterocycles. The van der Waals surface area contributed by atoms with Crippen LogP contribution in [0.3, 0.4) is 0 Å². The minimum absolute atomic E-state index is 0.0821. The van der Waals surface area contributed by atoms with Crippen LogP contribution in [0.25, 0.3) is 0 Å². The van der Waals surface area contributed by atoms with Gasteiger partial charge in [0.2, 0.25) is 0 Å². The first-order valence-corrected chi connectivity index (χ1v) is 5.10. The summed E-state index contributed by atoms with van der Waals surface area (Å²) in [5.41, 5.74) is 0.890. The summed E-state index contributed by atoms with van der Waals surface area (Å²) >= 11 is 0. The largest absolute Gasteiger partial charge is 0.337 e. The molecule has 0 unspecified atom stereocenters. The van der Waals surface area contributed by atoms with E-state index in [4.69, 9.17) is 0 Å². The number of amides is 2. The van der Waals surface area contributed by atoms with Gasteiger partial charge in [-0.05, 0) is 0 Å². The van der Waals surface area contributed by atoms with Crippen molar-refractivity contribution in [3.63, 3.8) is 0 Å². The monoisotopic (exact) mass is 226 g/mol. The summed E-state index contributed by atoms with van der Waals surface area (Å²) in [4.78, 5) is 12.6. The van der Waals surface area contributed by atoms with Crippen molar-refractivity contribution in [2.45, 2.75) is 6.54 Å². The molecule has 0 aliphatic rings. The Kier molecular flexibility index (Phi) is 4.71. The fourth-order valence-electron chi connectivity index (χ4n) is 1.11. The molecule has 0 bridgehead atoms. The highest BCUT2D eigenvalue weighted by molar-refractivity contribution is 5.73. The van der Waals surface area contributed by atoms with Gasteiger partial charge in [-0.1, -0.05) is 5.21 Å². The van der Waals surface area contributed by atoms with E-state index in [1.54, 1.807) is 18.8 Å². The number of urea groups is 1. The molecule has 0 saturated carbocycles. The normalized spacial score (nSPS) is 10.2. The molecule has 0 spiro atoms. The summed E-state index contributed by atoms with van der Waals surface area (Å²) in [5.74, 6) is 0. The fraction of sp³-hybridized carbons (Fsp3) is 0.667. The van der Waals surface area contributed by atoms with Crippen molar-refractivity contribution in [3.8, 4) is 0 Å². The van der Waals surface area contributed by atoms with E-state index in [2.05, 4.69) is 20.9 Å². The molecule has 1 rings (SSSR count). The van der Waals surface area contributed by atoms with Crippen molar-refractivity contribution in [2.75, 3.05) is 27.2 Å². The first kappa shape index (κ1) is 12.4. The lowest BCUT2D eigenvalue weighted by atomic mass is 10.4. The highest BCUT2D eigenvalue weighted by Gasteiger charge is 2.01. The Labute approximate surface area is 94.8 Å². The summed E-state index contributed by atoms with van der Waals surface area (Å²) in [6.07, 6.45) is 1.85. The first-order chi connectivity index (χ1) is 7.59. The van der Waals surface area contributed by atoms with E-state index in [0.717, 1.165) is 5.69 Å². The summed E-state index contributed by atoms with van der Waals surface area (Å²) in [6.45, 7) is 1.96. The van der Waals surface area contributed by atoms with Crippen LogP contribution in [0.4, 0.5) is 4.79 Å². The minimum atomic E-state index is -0.0821. The lowest BCUT2D eigenvalue weighted by molar-refractivity contribution is 0.217. The van der Waals surface area contributed by atoms with Gasteiger partial charge in [0, 0.05) is 47.0 Å².